The molecule has 0 amide bonds. The van der Waals surface area contributed by atoms with Gasteiger partial charge in [-0.3, -0.25) is 0 Å². The Kier molecular flexibility index (Phi) is 8.04. The molecule has 6 nitrogen and oxygen atoms in total. The zero-order valence-electron chi connectivity index (χ0n) is 15.2. The SMILES string of the molecule is CCOC(=O)c1ccc(C(=O)OCC)c(NC(=S)Nc2ccc(Cl)cc2Cl)c1. The number of esters is 2. The van der Waals surface area contributed by atoms with Gasteiger partial charge in [-0.05, 0) is 62.5 Å². The van der Waals surface area contributed by atoms with Crippen molar-refractivity contribution in [1.82, 2.24) is 0 Å². The molecule has 2 aromatic carbocycles. The zero-order chi connectivity index (χ0) is 20.7. The summed E-state index contributed by atoms with van der Waals surface area (Å²) in [5.74, 6) is -1.06. The van der Waals surface area contributed by atoms with Crippen LogP contribution >= 0.6 is 35.4 Å². The van der Waals surface area contributed by atoms with Crippen LogP contribution in [0.4, 0.5) is 11.4 Å². The van der Waals surface area contributed by atoms with E-state index in [0.29, 0.717) is 21.4 Å². The number of carbonyl (C=O) groups is 2. The topological polar surface area (TPSA) is 76.7 Å². The van der Waals surface area contributed by atoms with Crippen molar-refractivity contribution in [3.05, 3.63) is 57.6 Å². The molecule has 0 aliphatic heterocycles. The molecule has 2 aromatic rings. The molecule has 0 fully saturated rings. The number of benzene rings is 2. The van der Waals surface area contributed by atoms with E-state index < -0.39 is 11.9 Å². The van der Waals surface area contributed by atoms with Crippen LogP contribution in [0.25, 0.3) is 0 Å². The Labute approximate surface area is 178 Å². The first-order chi connectivity index (χ1) is 13.3. The average molecular weight is 441 g/mol. The van der Waals surface area contributed by atoms with Crippen LogP contribution in [-0.4, -0.2) is 30.3 Å². The molecule has 2 rings (SSSR count). The normalized spacial score (nSPS) is 10.1. The van der Waals surface area contributed by atoms with E-state index in [2.05, 4.69) is 10.6 Å². The third-order valence-electron chi connectivity index (χ3n) is 3.45. The van der Waals surface area contributed by atoms with Gasteiger partial charge in [-0.25, -0.2) is 9.59 Å². The Hall–Kier alpha value is -2.35. The number of rotatable bonds is 6. The summed E-state index contributed by atoms with van der Waals surface area (Å²) in [5, 5.41) is 6.84. The Bertz CT molecular complexity index is 905. The number of anilines is 2. The number of halogens is 2. The lowest BCUT2D eigenvalue weighted by molar-refractivity contribution is 0.0512. The maximum Gasteiger partial charge on any atom is 0.340 e. The summed E-state index contributed by atoms with van der Waals surface area (Å²) in [7, 11) is 0. The van der Waals surface area contributed by atoms with Gasteiger partial charge in [0.2, 0.25) is 0 Å². The second kappa shape index (κ2) is 10.3. The highest BCUT2D eigenvalue weighted by Crippen LogP contribution is 2.26. The minimum atomic E-state index is -0.548. The van der Waals surface area contributed by atoms with Crippen molar-refractivity contribution < 1.29 is 19.1 Å². The molecule has 0 bridgehead atoms. The van der Waals surface area contributed by atoms with Gasteiger partial charge in [0.15, 0.2) is 5.11 Å². The number of nitrogens with one attached hydrogen (secondary N) is 2. The minimum Gasteiger partial charge on any atom is -0.462 e. The third-order valence-corrected chi connectivity index (χ3v) is 4.21. The number of ether oxygens (including phenoxy) is 2. The van der Waals surface area contributed by atoms with E-state index in [-0.39, 0.29) is 29.5 Å². The molecule has 9 heteroatoms. The van der Waals surface area contributed by atoms with Gasteiger partial charge in [-0.15, -0.1) is 0 Å². The molecule has 0 atom stereocenters. The van der Waals surface area contributed by atoms with Crippen molar-refractivity contribution in [2.45, 2.75) is 13.8 Å². The summed E-state index contributed by atoms with van der Waals surface area (Å²) >= 11 is 17.3. The van der Waals surface area contributed by atoms with Crippen molar-refractivity contribution in [2.75, 3.05) is 23.8 Å². The number of hydrogen-bond donors (Lipinski definition) is 2. The van der Waals surface area contributed by atoms with Crippen LogP contribution in [-0.2, 0) is 9.47 Å². The molecule has 0 aromatic heterocycles. The Morgan fingerprint density at radius 1 is 0.929 bits per heavy atom. The highest BCUT2D eigenvalue weighted by Gasteiger charge is 2.17. The summed E-state index contributed by atoms with van der Waals surface area (Å²) in [4.78, 5) is 24.2. The molecule has 0 heterocycles. The van der Waals surface area contributed by atoms with E-state index in [1.165, 1.54) is 18.2 Å². The molecule has 0 unspecified atom stereocenters. The number of thiocarbonyl (C=S) groups is 1. The molecule has 0 spiro atoms. The fourth-order valence-corrected chi connectivity index (χ4v) is 2.92. The van der Waals surface area contributed by atoms with Crippen molar-refractivity contribution in [2.24, 2.45) is 0 Å². The molecule has 148 valence electrons. The number of hydrogen-bond acceptors (Lipinski definition) is 5. The maximum atomic E-state index is 12.2. The highest BCUT2D eigenvalue weighted by atomic mass is 35.5. The molecular formula is C19H18Cl2N2O4S. The summed E-state index contributed by atoms with van der Waals surface area (Å²) in [6, 6.07) is 9.33. The first kappa shape index (κ1) is 21.9. The van der Waals surface area contributed by atoms with E-state index in [4.69, 9.17) is 44.9 Å². The van der Waals surface area contributed by atoms with Crippen LogP contribution < -0.4 is 10.6 Å². The molecule has 0 saturated heterocycles. The highest BCUT2D eigenvalue weighted by molar-refractivity contribution is 7.80. The zero-order valence-corrected chi connectivity index (χ0v) is 17.5. The van der Waals surface area contributed by atoms with Crippen LogP contribution in [0.15, 0.2) is 36.4 Å². The van der Waals surface area contributed by atoms with E-state index in [9.17, 15) is 9.59 Å². The second-order valence-corrected chi connectivity index (χ2v) is 6.66. The minimum absolute atomic E-state index is 0.163. The van der Waals surface area contributed by atoms with Gasteiger partial charge in [-0.1, -0.05) is 23.2 Å². The van der Waals surface area contributed by atoms with Gasteiger partial charge in [-0.2, -0.15) is 0 Å². The Morgan fingerprint density at radius 2 is 1.57 bits per heavy atom. The Morgan fingerprint density at radius 3 is 2.21 bits per heavy atom. The lowest BCUT2D eigenvalue weighted by Gasteiger charge is -2.15. The van der Waals surface area contributed by atoms with E-state index in [1.54, 1.807) is 32.0 Å². The first-order valence-electron chi connectivity index (χ1n) is 8.37. The Balaban J connectivity index is 2.29. The summed E-state index contributed by atoms with van der Waals surface area (Å²) in [6.45, 7) is 3.85. The maximum absolute atomic E-state index is 12.2. The predicted molar refractivity (Wildman–Crippen MR) is 115 cm³/mol. The third kappa shape index (κ3) is 5.82. The summed E-state index contributed by atoms with van der Waals surface area (Å²) < 4.78 is 10.1. The molecule has 0 saturated carbocycles. The van der Waals surface area contributed by atoms with E-state index in [1.807, 2.05) is 0 Å². The standard InChI is InChI=1S/C19H18Cl2N2O4S/c1-3-26-17(24)11-5-7-13(18(25)27-4-2)16(9-11)23-19(28)22-15-8-6-12(20)10-14(15)21/h5-10H,3-4H2,1-2H3,(H2,22,23,28). The predicted octanol–water partition coefficient (Wildman–Crippen LogP) is 5.16. The lowest BCUT2D eigenvalue weighted by Crippen LogP contribution is -2.22. The van der Waals surface area contributed by atoms with Crippen LogP contribution in [0.5, 0.6) is 0 Å². The van der Waals surface area contributed by atoms with E-state index >= 15 is 0 Å². The van der Waals surface area contributed by atoms with Crippen LogP contribution in [0.2, 0.25) is 10.0 Å². The smallest absolute Gasteiger partial charge is 0.340 e. The van der Waals surface area contributed by atoms with Gasteiger partial charge < -0.3 is 20.1 Å². The quantitative estimate of drug-likeness (QED) is 0.474. The van der Waals surface area contributed by atoms with E-state index in [0.717, 1.165) is 0 Å². The van der Waals surface area contributed by atoms with Gasteiger partial charge in [0.05, 0.1) is 40.7 Å². The van der Waals surface area contributed by atoms with Gasteiger partial charge in [0.25, 0.3) is 0 Å². The van der Waals surface area contributed by atoms with Crippen LogP contribution in [0.3, 0.4) is 0 Å². The average Bonchev–Trinajstić information content (AvgIpc) is 2.64. The van der Waals surface area contributed by atoms with Gasteiger partial charge in [0.1, 0.15) is 0 Å². The monoisotopic (exact) mass is 440 g/mol. The van der Waals surface area contributed by atoms with Gasteiger partial charge in [0, 0.05) is 5.02 Å². The molecule has 2 N–H and O–H groups in total. The molecule has 28 heavy (non-hydrogen) atoms. The molecule has 0 radical (unpaired) electrons. The lowest BCUT2D eigenvalue weighted by atomic mass is 10.1. The summed E-state index contributed by atoms with van der Waals surface area (Å²) in [5.41, 5.74) is 1.32. The fraction of sp³-hybridized carbons (Fsp3) is 0.211. The van der Waals surface area contributed by atoms with Crippen molar-refractivity contribution in [3.63, 3.8) is 0 Å². The molecule has 0 aliphatic carbocycles. The van der Waals surface area contributed by atoms with Crippen LogP contribution in [0.1, 0.15) is 34.6 Å². The number of carbonyl (C=O) groups excluding carboxylic acids is 2. The second-order valence-electron chi connectivity index (χ2n) is 5.40. The fourth-order valence-electron chi connectivity index (χ4n) is 2.24. The first-order valence-corrected chi connectivity index (χ1v) is 9.53. The molecule has 0 aliphatic rings. The van der Waals surface area contributed by atoms with Crippen molar-refractivity contribution in [3.8, 4) is 0 Å². The molecular weight excluding hydrogens is 423 g/mol. The van der Waals surface area contributed by atoms with Crippen molar-refractivity contribution >= 4 is 63.8 Å². The van der Waals surface area contributed by atoms with Crippen LogP contribution in [0, 0.1) is 0 Å². The largest absolute Gasteiger partial charge is 0.462 e. The van der Waals surface area contributed by atoms with Crippen molar-refractivity contribution in [1.29, 1.82) is 0 Å². The summed E-state index contributed by atoms with van der Waals surface area (Å²) in [6.07, 6.45) is 0. The van der Waals surface area contributed by atoms with Gasteiger partial charge >= 0.3 is 11.9 Å².